The van der Waals surface area contributed by atoms with Gasteiger partial charge in [-0.25, -0.2) is 0 Å². The van der Waals surface area contributed by atoms with Gasteiger partial charge in [0.05, 0.1) is 17.6 Å². The van der Waals surface area contributed by atoms with Gasteiger partial charge in [0.1, 0.15) is 0 Å². The Kier molecular flexibility index (Phi) is 4.97. The van der Waals surface area contributed by atoms with Crippen LogP contribution in [0.15, 0.2) is 40.2 Å². The number of aromatic nitrogens is 1. The first-order valence-electron chi connectivity index (χ1n) is 8.69. The second-order valence-corrected chi connectivity index (χ2v) is 8.51. The predicted molar refractivity (Wildman–Crippen MR) is 110 cm³/mol. The van der Waals surface area contributed by atoms with Crippen molar-refractivity contribution >= 4 is 50.0 Å². The second-order valence-electron chi connectivity index (χ2n) is 6.59. The first kappa shape index (κ1) is 18.1. The summed E-state index contributed by atoms with van der Waals surface area (Å²) in [4.78, 5) is 32.9. The maximum atomic E-state index is 12.7. The Hall–Kier alpha value is -2.25. The topological polar surface area (TPSA) is 62.3 Å². The molecule has 1 aliphatic rings. The van der Waals surface area contributed by atoms with Gasteiger partial charge in [-0.1, -0.05) is 22.0 Å². The first-order chi connectivity index (χ1) is 13.0. The van der Waals surface area contributed by atoms with Crippen molar-refractivity contribution in [2.24, 2.45) is 0 Å². The molecule has 0 radical (unpaired) electrons. The van der Waals surface area contributed by atoms with Crippen LogP contribution in [0.4, 0.5) is 0 Å². The number of fused-ring (bicyclic) bond motifs is 2. The van der Waals surface area contributed by atoms with Crippen molar-refractivity contribution in [3.8, 4) is 0 Å². The number of hydrogen-bond acceptors (Lipinski definition) is 4. The molecule has 27 heavy (non-hydrogen) atoms. The second kappa shape index (κ2) is 7.40. The molecule has 5 nitrogen and oxygen atoms in total. The zero-order valence-corrected chi connectivity index (χ0v) is 17.2. The van der Waals surface area contributed by atoms with Gasteiger partial charge in [0.2, 0.25) is 5.91 Å². The van der Waals surface area contributed by atoms with Crippen LogP contribution < -0.4 is 5.32 Å². The monoisotopic (exact) mass is 443 g/mol. The van der Waals surface area contributed by atoms with Crippen LogP contribution in [0, 0.1) is 6.92 Å². The van der Waals surface area contributed by atoms with E-state index in [2.05, 4.69) is 37.7 Å². The maximum Gasteiger partial charge on any atom is 0.252 e. The molecule has 0 spiro atoms. The molecule has 3 aromatic rings. The number of hydrogen-bond donors (Lipinski definition) is 1. The lowest BCUT2D eigenvalue weighted by Gasteiger charge is -2.27. The summed E-state index contributed by atoms with van der Waals surface area (Å²) < 4.78 is 0.910. The molecule has 4 rings (SSSR count). The van der Waals surface area contributed by atoms with Crippen LogP contribution in [0.3, 0.4) is 0 Å². The smallest absolute Gasteiger partial charge is 0.252 e. The number of amides is 2. The molecule has 0 aliphatic carbocycles. The number of benzene rings is 1. The van der Waals surface area contributed by atoms with Crippen molar-refractivity contribution in [2.75, 3.05) is 13.1 Å². The Balaban J connectivity index is 1.47. The molecule has 0 saturated carbocycles. The van der Waals surface area contributed by atoms with Gasteiger partial charge in [0.25, 0.3) is 5.91 Å². The number of halogens is 1. The molecular weight excluding hydrogens is 426 g/mol. The summed E-state index contributed by atoms with van der Waals surface area (Å²) in [5.74, 6) is -0.313. The van der Waals surface area contributed by atoms with Crippen molar-refractivity contribution < 1.29 is 9.59 Å². The lowest BCUT2D eigenvalue weighted by molar-refractivity contribution is -0.131. The molecule has 1 aliphatic heterocycles. The fraction of sp³-hybridized carbons (Fsp3) is 0.250. The molecule has 0 bridgehead atoms. The molecule has 0 saturated heterocycles. The minimum atomic E-state index is -0.255. The van der Waals surface area contributed by atoms with Gasteiger partial charge in [-0.05, 0) is 48.6 Å². The van der Waals surface area contributed by atoms with E-state index in [0.717, 1.165) is 27.5 Å². The minimum absolute atomic E-state index is 0.00229. The van der Waals surface area contributed by atoms with Crippen LogP contribution in [0.2, 0.25) is 0 Å². The summed E-state index contributed by atoms with van der Waals surface area (Å²) in [6.07, 6.45) is 0.885. The zero-order chi connectivity index (χ0) is 19.0. The van der Waals surface area contributed by atoms with Crippen LogP contribution >= 0.6 is 27.3 Å². The van der Waals surface area contributed by atoms with Crippen molar-refractivity contribution in [3.63, 3.8) is 0 Å². The summed E-state index contributed by atoms with van der Waals surface area (Å²) >= 11 is 5.17. The zero-order valence-electron chi connectivity index (χ0n) is 14.8. The summed E-state index contributed by atoms with van der Waals surface area (Å²) in [5.41, 5.74) is 3.27. The van der Waals surface area contributed by atoms with E-state index in [-0.39, 0.29) is 18.4 Å². The Morgan fingerprint density at radius 3 is 3.00 bits per heavy atom. The average molecular weight is 444 g/mol. The number of carbonyl (C=O) groups is 2. The summed E-state index contributed by atoms with van der Waals surface area (Å²) in [6, 6.07) is 9.46. The van der Waals surface area contributed by atoms with Gasteiger partial charge >= 0.3 is 0 Å². The Morgan fingerprint density at radius 1 is 1.30 bits per heavy atom. The molecule has 0 fully saturated rings. The van der Waals surface area contributed by atoms with Gasteiger partial charge in [0, 0.05) is 33.5 Å². The number of rotatable bonds is 3. The van der Waals surface area contributed by atoms with E-state index >= 15 is 0 Å². The number of nitrogens with zero attached hydrogens (tertiary/aromatic N) is 2. The van der Waals surface area contributed by atoms with Gasteiger partial charge in [-0.3, -0.25) is 14.6 Å². The van der Waals surface area contributed by atoms with E-state index in [4.69, 9.17) is 0 Å². The Bertz CT molecular complexity index is 1040. The number of pyridine rings is 1. The molecule has 7 heteroatoms. The number of aryl methyl sites for hydroxylation is 1. The van der Waals surface area contributed by atoms with E-state index in [1.807, 2.05) is 30.0 Å². The van der Waals surface area contributed by atoms with Crippen molar-refractivity contribution in [1.29, 1.82) is 0 Å². The Labute approximate surface area is 169 Å². The van der Waals surface area contributed by atoms with Gasteiger partial charge in [-0.2, -0.15) is 0 Å². The van der Waals surface area contributed by atoms with E-state index in [9.17, 15) is 9.59 Å². The SMILES string of the molecule is Cc1cc(C(=O)NCC(=O)N2CCc3sccc3C2)c2ccc(Br)cc2n1. The third-order valence-corrected chi connectivity index (χ3v) is 6.22. The van der Waals surface area contributed by atoms with E-state index < -0.39 is 0 Å². The fourth-order valence-corrected chi connectivity index (χ4v) is 4.58. The highest BCUT2D eigenvalue weighted by Crippen LogP contribution is 2.24. The molecule has 138 valence electrons. The molecular formula is C20H18BrN3O2S. The van der Waals surface area contributed by atoms with Gasteiger partial charge in [0.15, 0.2) is 0 Å². The van der Waals surface area contributed by atoms with Crippen molar-refractivity contribution in [2.45, 2.75) is 19.9 Å². The number of thiophene rings is 1. The van der Waals surface area contributed by atoms with E-state index in [1.165, 1.54) is 10.4 Å². The lowest BCUT2D eigenvalue weighted by Crippen LogP contribution is -2.42. The number of carbonyl (C=O) groups excluding carboxylic acids is 2. The minimum Gasteiger partial charge on any atom is -0.343 e. The fourth-order valence-electron chi connectivity index (χ4n) is 3.35. The molecule has 1 N–H and O–H groups in total. The molecule has 0 atom stereocenters. The summed E-state index contributed by atoms with van der Waals surface area (Å²) in [6.45, 7) is 3.18. The normalized spacial score (nSPS) is 13.5. The highest BCUT2D eigenvalue weighted by molar-refractivity contribution is 9.10. The van der Waals surface area contributed by atoms with Gasteiger partial charge in [-0.15, -0.1) is 11.3 Å². The quantitative estimate of drug-likeness (QED) is 0.671. The van der Waals surface area contributed by atoms with Gasteiger partial charge < -0.3 is 10.2 Å². The van der Waals surface area contributed by atoms with E-state index in [0.29, 0.717) is 18.7 Å². The number of nitrogens with one attached hydrogen (secondary N) is 1. The first-order valence-corrected chi connectivity index (χ1v) is 10.4. The standard InChI is InChI=1S/C20H18BrN3O2S/c1-12-8-16(15-3-2-14(21)9-17(15)23-12)20(26)22-10-19(25)24-6-4-18-13(11-24)5-7-27-18/h2-3,5,7-9H,4,6,10-11H2,1H3,(H,22,26). The predicted octanol–water partition coefficient (Wildman–Crippen LogP) is 3.68. The highest BCUT2D eigenvalue weighted by Gasteiger charge is 2.22. The average Bonchev–Trinajstić information content (AvgIpc) is 3.12. The third-order valence-electron chi connectivity index (χ3n) is 4.71. The molecule has 0 unspecified atom stereocenters. The molecule has 1 aromatic carbocycles. The van der Waals surface area contributed by atoms with Crippen LogP contribution in [0.1, 0.15) is 26.5 Å². The maximum absolute atomic E-state index is 12.7. The van der Waals surface area contributed by atoms with Crippen molar-refractivity contribution in [3.05, 3.63) is 61.9 Å². The Morgan fingerprint density at radius 2 is 2.15 bits per heavy atom. The van der Waals surface area contributed by atoms with Crippen LogP contribution in [-0.4, -0.2) is 34.8 Å². The van der Waals surface area contributed by atoms with Crippen molar-refractivity contribution in [1.82, 2.24) is 15.2 Å². The van der Waals surface area contributed by atoms with Crippen LogP contribution in [0.5, 0.6) is 0 Å². The summed E-state index contributed by atoms with van der Waals surface area (Å²) in [5, 5.41) is 5.62. The molecule has 2 amide bonds. The summed E-state index contributed by atoms with van der Waals surface area (Å²) in [7, 11) is 0. The molecule has 2 aromatic heterocycles. The lowest BCUT2D eigenvalue weighted by atomic mass is 10.1. The van der Waals surface area contributed by atoms with E-state index in [1.54, 1.807) is 17.4 Å². The highest BCUT2D eigenvalue weighted by atomic mass is 79.9. The van der Waals surface area contributed by atoms with Crippen LogP contribution in [-0.2, 0) is 17.8 Å². The third kappa shape index (κ3) is 3.75. The largest absolute Gasteiger partial charge is 0.343 e. The molecule has 3 heterocycles. The van der Waals surface area contributed by atoms with Crippen LogP contribution in [0.25, 0.3) is 10.9 Å².